The number of benzene rings is 7. The molecule has 2 aliphatic rings. The highest BCUT2D eigenvalue weighted by atomic mass is 16.7. The van der Waals surface area contributed by atoms with Crippen LogP contribution in [0.1, 0.15) is 53.3 Å². The summed E-state index contributed by atoms with van der Waals surface area (Å²) in [4.78, 5) is 41.9. The van der Waals surface area contributed by atoms with Crippen LogP contribution in [0.4, 0.5) is 0 Å². The quantitative estimate of drug-likeness (QED) is 0.0505. The molecule has 0 bridgehead atoms. The van der Waals surface area contributed by atoms with Crippen LogP contribution in [-0.4, -0.2) is 97.6 Å². The minimum Gasteiger partial charge on any atom is -0.452 e. The van der Waals surface area contributed by atoms with E-state index in [-0.39, 0.29) is 49.7 Å². The van der Waals surface area contributed by atoms with Crippen LogP contribution in [0.3, 0.4) is 0 Å². The Kier molecular flexibility index (Phi) is 18.7. The Hall–Kier alpha value is -7.37. The highest BCUT2D eigenvalue weighted by Gasteiger charge is 2.54. The van der Waals surface area contributed by atoms with Gasteiger partial charge in [0.1, 0.15) is 30.5 Å². The molecule has 0 radical (unpaired) electrons. The number of esters is 3. The van der Waals surface area contributed by atoms with E-state index in [9.17, 15) is 19.5 Å². The SMILES string of the molecule is O=C(O[C@@H]1[C@H](OC(=O)c2ccccc2)[C@@H](O)O[C@H](CO[C@H]2O[C@H](COCc3ccccc3)[C@@H](OCc3ccccc3)[C@H](OCc3ccccc3)[C@@H]2OCc2ccccc2)[C@H]1OC(=O)c1ccccc1)c1ccccc1. The summed E-state index contributed by atoms with van der Waals surface area (Å²) in [5.41, 5.74) is 4.08. The predicted molar refractivity (Wildman–Crippen MR) is 274 cm³/mol. The highest BCUT2D eigenvalue weighted by molar-refractivity contribution is 5.91. The summed E-state index contributed by atoms with van der Waals surface area (Å²) in [5.74, 6) is -2.52. The molecule has 10 atom stereocenters. The van der Waals surface area contributed by atoms with Gasteiger partial charge in [0.2, 0.25) is 0 Å². The number of aliphatic hydroxyl groups excluding tert-OH is 1. The van der Waals surface area contributed by atoms with E-state index < -0.39 is 85.9 Å². The lowest BCUT2D eigenvalue weighted by atomic mass is 9.96. The van der Waals surface area contributed by atoms with Gasteiger partial charge in [-0.3, -0.25) is 0 Å². The molecule has 2 saturated heterocycles. The first kappa shape index (κ1) is 52.5. The maximum Gasteiger partial charge on any atom is 0.338 e. The van der Waals surface area contributed by atoms with Gasteiger partial charge in [0, 0.05) is 0 Å². The molecule has 0 amide bonds. The van der Waals surface area contributed by atoms with Gasteiger partial charge in [0.05, 0.1) is 56.3 Å². The molecule has 386 valence electrons. The van der Waals surface area contributed by atoms with Crippen molar-refractivity contribution in [3.8, 4) is 0 Å². The van der Waals surface area contributed by atoms with Crippen molar-refractivity contribution in [1.82, 2.24) is 0 Å². The van der Waals surface area contributed by atoms with Gasteiger partial charge in [-0.15, -0.1) is 0 Å². The Morgan fingerprint density at radius 1 is 0.347 bits per heavy atom. The third-order valence-electron chi connectivity index (χ3n) is 12.6. The molecule has 0 unspecified atom stereocenters. The zero-order valence-electron chi connectivity index (χ0n) is 41.0. The van der Waals surface area contributed by atoms with Crippen LogP contribution in [0.2, 0.25) is 0 Å². The molecule has 2 heterocycles. The van der Waals surface area contributed by atoms with Gasteiger partial charge in [-0.05, 0) is 58.7 Å². The van der Waals surface area contributed by atoms with Crippen LogP contribution in [0.5, 0.6) is 0 Å². The van der Waals surface area contributed by atoms with Crippen LogP contribution in [0.15, 0.2) is 212 Å². The van der Waals surface area contributed by atoms with Crippen LogP contribution in [-0.2, 0) is 73.8 Å². The zero-order chi connectivity index (χ0) is 51.6. The summed E-state index contributed by atoms with van der Waals surface area (Å²) < 4.78 is 65.2. The van der Waals surface area contributed by atoms with Crippen LogP contribution >= 0.6 is 0 Å². The average Bonchev–Trinajstić information content (AvgIpc) is 3.46. The number of rotatable bonds is 22. The minimum absolute atomic E-state index is 0.0345. The van der Waals surface area contributed by atoms with Gasteiger partial charge in [-0.1, -0.05) is 176 Å². The Morgan fingerprint density at radius 2 is 0.693 bits per heavy atom. The molecule has 1 N–H and O–H groups in total. The van der Waals surface area contributed by atoms with E-state index in [1.807, 2.05) is 121 Å². The molecule has 14 nitrogen and oxygen atoms in total. The largest absolute Gasteiger partial charge is 0.452 e. The van der Waals surface area contributed by atoms with Gasteiger partial charge in [-0.25, -0.2) is 14.4 Å². The Morgan fingerprint density at radius 3 is 1.13 bits per heavy atom. The van der Waals surface area contributed by atoms with Crippen molar-refractivity contribution in [2.45, 2.75) is 87.8 Å². The Balaban J connectivity index is 1.07. The fourth-order valence-corrected chi connectivity index (χ4v) is 8.80. The number of hydrogen-bond donors (Lipinski definition) is 1. The highest BCUT2D eigenvalue weighted by Crippen LogP contribution is 2.35. The molecule has 9 rings (SSSR count). The second-order valence-electron chi connectivity index (χ2n) is 17.9. The van der Waals surface area contributed by atoms with Gasteiger partial charge >= 0.3 is 17.9 Å². The number of ether oxygens (including phenoxy) is 10. The molecular weight excluding hydrogens is 957 g/mol. The normalized spacial score (nSPS) is 23.4. The number of hydrogen-bond acceptors (Lipinski definition) is 14. The van der Waals surface area contributed by atoms with Gasteiger partial charge < -0.3 is 52.5 Å². The number of carbonyl (C=O) groups is 3. The summed E-state index contributed by atoms with van der Waals surface area (Å²) >= 11 is 0. The molecule has 7 aromatic rings. The average molecular weight is 1020 g/mol. The summed E-state index contributed by atoms with van der Waals surface area (Å²) in [6.45, 7) is 0.321. The first-order valence-corrected chi connectivity index (χ1v) is 24.8. The maximum absolute atomic E-state index is 14.1. The van der Waals surface area contributed by atoms with Crippen molar-refractivity contribution in [2.75, 3.05) is 13.2 Å². The molecule has 0 saturated carbocycles. The van der Waals surface area contributed by atoms with E-state index in [0.717, 1.165) is 22.3 Å². The van der Waals surface area contributed by atoms with Gasteiger partial charge in [0.15, 0.2) is 30.9 Å². The monoisotopic (exact) mass is 1010 g/mol. The van der Waals surface area contributed by atoms with E-state index in [1.54, 1.807) is 66.7 Å². The lowest BCUT2D eigenvalue weighted by Gasteiger charge is -2.47. The molecule has 2 fully saturated rings. The third-order valence-corrected chi connectivity index (χ3v) is 12.6. The van der Waals surface area contributed by atoms with Gasteiger partial charge in [0.25, 0.3) is 0 Å². The van der Waals surface area contributed by atoms with Crippen LogP contribution in [0.25, 0.3) is 0 Å². The van der Waals surface area contributed by atoms with E-state index in [1.165, 1.54) is 24.3 Å². The summed E-state index contributed by atoms with van der Waals surface area (Å²) in [6, 6.07) is 63.2. The topological polar surface area (TPSA) is 164 Å². The fraction of sp³-hybridized carbons (Fsp3) is 0.262. The fourth-order valence-electron chi connectivity index (χ4n) is 8.80. The summed E-state index contributed by atoms with van der Waals surface area (Å²) in [7, 11) is 0. The lowest BCUT2D eigenvalue weighted by Crippen LogP contribution is -2.64. The van der Waals surface area contributed by atoms with E-state index >= 15 is 0 Å². The molecule has 0 spiro atoms. The van der Waals surface area contributed by atoms with Crippen molar-refractivity contribution >= 4 is 17.9 Å². The molecule has 0 aromatic heterocycles. The van der Waals surface area contributed by atoms with E-state index in [2.05, 4.69) is 0 Å². The summed E-state index contributed by atoms with van der Waals surface area (Å²) in [6.07, 6.45) is -13.0. The lowest BCUT2D eigenvalue weighted by molar-refractivity contribution is -0.342. The second kappa shape index (κ2) is 26.7. The molecular formula is C61H58O14. The maximum atomic E-state index is 14.1. The molecule has 14 heteroatoms. The number of aliphatic hydroxyl groups is 1. The van der Waals surface area contributed by atoms with Gasteiger partial charge in [-0.2, -0.15) is 0 Å². The third kappa shape index (κ3) is 14.5. The Bertz CT molecular complexity index is 2810. The van der Waals surface area contributed by atoms with Crippen molar-refractivity contribution in [2.24, 2.45) is 0 Å². The standard InChI is InChI=1S/C61H58O14/c62-57(46-30-16-5-17-31-46)73-52-50(71-60(65)55(75-59(64)48-34-20-7-21-35-48)54(52)74-58(63)47-32-18-6-19-33-47)41-70-61-56(69-39-45-28-14-4-15-29-45)53(68-38-44-26-12-3-13-27-44)51(67-37-43-24-10-2-11-25-43)49(72-61)40-66-36-42-22-8-1-9-23-42/h1-35,49-56,60-61,65H,36-41H2/t49-,50-,51-,52-,53+,54+,55+,56+,60+,61+/m1/s1. The van der Waals surface area contributed by atoms with Crippen LogP contribution < -0.4 is 0 Å². The predicted octanol–water partition coefficient (Wildman–Crippen LogP) is 9.09. The van der Waals surface area contributed by atoms with Crippen molar-refractivity contribution in [3.63, 3.8) is 0 Å². The van der Waals surface area contributed by atoms with E-state index in [4.69, 9.17) is 47.4 Å². The molecule has 75 heavy (non-hydrogen) atoms. The Labute approximate surface area is 435 Å². The second-order valence-corrected chi connectivity index (χ2v) is 17.9. The first-order chi connectivity index (χ1) is 36.9. The zero-order valence-corrected chi connectivity index (χ0v) is 41.0. The van der Waals surface area contributed by atoms with Crippen LogP contribution in [0, 0.1) is 0 Å². The minimum atomic E-state index is -1.93. The van der Waals surface area contributed by atoms with E-state index in [0.29, 0.717) is 0 Å². The summed E-state index contributed by atoms with van der Waals surface area (Å²) in [5, 5.41) is 11.9. The smallest absolute Gasteiger partial charge is 0.338 e. The van der Waals surface area contributed by atoms with Crippen molar-refractivity contribution in [1.29, 1.82) is 0 Å². The number of carbonyl (C=O) groups excluding carboxylic acids is 3. The van der Waals surface area contributed by atoms with Crippen molar-refractivity contribution in [3.05, 3.63) is 251 Å². The molecule has 2 aliphatic heterocycles. The molecule has 0 aliphatic carbocycles. The first-order valence-electron chi connectivity index (χ1n) is 24.8. The molecule has 7 aromatic carbocycles. The van der Waals surface area contributed by atoms with Crippen molar-refractivity contribution < 1.29 is 66.9 Å².